The fraction of sp³-hybridized carbons (Fsp3) is 0.133. The number of anilines is 3. The van der Waals surface area contributed by atoms with Gasteiger partial charge in [0.15, 0.2) is 0 Å². The van der Waals surface area contributed by atoms with Crippen molar-refractivity contribution in [2.24, 2.45) is 0 Å². The van der Waals surface area contributed by atoms with Crippen molar-refractivity contribution in [1.82, 2.24) is 5.32 Å². The summed E-state index contributed by atoms with van der Waals surface area (Å²) in [5.74, 6) is -0.551. The van der Waals surface area contributed by atoms with E-state index < -0.39 is 0 Å². The molecule has 2 aromatic carbocycles. The maximum Gasteiger partial charge on any atom is 0.253 e. The minimum absolute atomic E-state index is 0.202. The average Bonchev–Trinajstić information content (AvgIpc) is 2.39. The molecule has 1 amide bonds. The molecule has 0 saturated heterocycles. The van der Waals surface area contributed by atoms with E-state index in [-0.39, 0.29) is 11.7 Å². The van der Waals surface area contributed by atoms with E-state index in [4.69, 9.17) is 5.73 Å². The normalized spacial score (nSPS) is 10.1. The van der Waals surface area contributed by atoms with Crippen molar-refractivity contribution in [2.45, 2.75) is 6.92 Å². The van der Waals surface area contributed by atoms with Gasteiger partial charge in [-0.3, -0.25) is 4.79 Å². The maximum atomic E-state index is 13.2. The van der Waals surface area contributed by atoms with Crippen LogP contribution in [0.5, 0.6) is 0 Å². The summed E-state index contributed by atoms with van der Waals surface area (Å²) >= 11 is 0. The fourth-order valence-corrected chi connectivity index (χ4v) is 1.84. The van der Waals surface area contributed by atoms with Crippen LogP contribution in [0.3, 0.4) is 0 Å². The SMILES string of the molecule is CCNC(=O)c1ccc(N)cc1Nc1cccc(F)c1. The van der Waals surface area contributed by atoms with Crippen molar-refractivity contribution in [3.8, 4) is 0 Å². The van der Waals surface area contributed by atoms with Crippen molar-refractivity contribution < 1.29 is 9.18 Å². The summed E-state index contributed by atoms with van der Waals surface area (Å²) in [7, 11) is 0. The number of carbonyl (C=O) groups is 1. The van der Waals surface area contributed by atoms with Crippen molar-refractivity contribution in [1.29, 1.82) is 0 Å². The lowest BCUT2D eigenvalue weighted by Gasteiger charge is -2.12. The predicted octanol–water partition coefficient (Wildman–Crippen LogP) is 2.90. The van der Waals surface area contributed by atoms with Gasteiger partial charge in [0.05, 0.1) is 11.3 Å². The molecular formula is C15H16FN3O. The molecule has 0 spiro atoms. The van der Waals surface area contributed by atoms with Gasteiger partial charge in [-0.25, -0.2) is 4.39 Å². The van der Waals surface area contributed by atoms with E-state index in [1.165, 1.54) is 12.1 Å². The molecule has 0 bridgehead atoms. The van der Waals surface area contributed by atoms with Gasteiger partial charge < -0.3 is 16.4 Å². The zero-order valence-corrected chi connectivity index (χ0v) is 11.1. The highest BCUT2D eigenvalue weighted by Crippen LogP contribution is 2.24. The third kappa shape index (κ3) is 3.26. The third-order valence-corrected chi connectivity index (χ3v) is 2.73. The molecular weight excluding hydrogens is 257 g/mol. The van der Waals surface area contributed by atoms with Crippen LogP contribution in [0.1, 0.15) is 17.3 Å². The Bertz CT molecular complexity index is 628. The second kappa shape index (κ2) is 6.06. The Hall–Kier alpha value is -2.56. The van der Waals surface area contributed by atoms with E-state index in [9.17, 15) is 9.18 Å². The quantitative estimate of drug-likeness (QED) is 0.750. The van der Waals surface area contributed by atoms with Gasteiger partial charge >= 0.3 is 0 Å². The van der Waals surface area contributed by atoms with Gasteiger partial charge in [0.2, 0.25) is 0 Å². The van der Waals surface area contributed by atoms with Crippen LogP contribution in [-0.2, 0) is 0 Å². The molecule has 0 aliphatic heterocycles. The van der Waals surface area contributed by atoms with Gasteiger partial charge in [-0.15, -0.1) is 0 Å². The number of benzene rings is 2. The van der Waals surface area contributed by atoms with Crippen LogP contribution in [0.4, 0.5) is 21.5 Å². The molecule has 0 heterocycles. The third-order valence-electron chi connectivity index (χ3n) is 2.73. The lowest BCUT2D eigenvalue weighted by atomic mass is 10.1. The molecule has 0 saturated carbocycles. The molecule has 0 aliphatic carbocycles. The number of amides is 1. The number of nitrogens with two attached hydrogens (primary N) is 1. The number of nitrogens with one attached hydrogen (secondary N) is 2. The van der Waals surface area contributed by atoms with Crippen molar-refractivity contribution in [3.63, 3.8) is 0 Å². The molecule has 2 aromatic rings. The summed E-state index contributed by atoms with van der Waals surface area (Å²) in [6.45, 7) is 2.37. The number of carbonyl (C=O) groups excluding carboxylic acids is 1. The zero-order valence-electron chi connectivity index (χ0n) is 11.1. The highest BCUT2D eigenvalue weighted by molar-refractivity contribution is 6.00. The Morgan fingerprint density at radius 3 is 2.75 bits per heavy atom. The molecule has 0 aromatic heterocycles. The molecule has 4 N–H and O–H groups in total. The minimum Gasteiger partial charge on any atom is -0.399 e. The Kier molecular flexibility index (Phi) is 4.20. The predicted molar refractivity (Wildman–Crippen MR) is 78.5 cm³/mol. The maximum absolute atomic E-state index is 13.2. The molecule has 4 nitrogen and oxygen atoms in total. The van der Waals surface area contributed by atoms with Gasteiger partial charge in [-0.05, 0) is 43.3 Å². The monoisotopic (exact) mass is 273 g/mol. The second-order valence-electron chi connectivity index (χ2n) is 4.30. The van der Waals surface area contributed by atoms with Gasteiger partial charge in [0, 0.05) is 17.9 Å². The Morgan fingerprint density at radius 1 is 1.25 bits per heavy atom. The van der Waals surface area contributed by atoms with Crippen molar-refractivity contribution in [2.75, 3.05) is 17.6 Å². The Balaban J connectivity index is 2.34. The average molecular weight is 273 g/mol. The molecule has 0 fully saturated rings. The topological polar surface area (TPSA) is 67.2 Å². The number of hydrogen-bond donors (Lipinski definition) is 3. The van der Waals surface area contributed by atoms with Crippen molar-refractivity contribution in [3.05, 3.63) is 53.8 Å². The molecule has 0 aliphatic rings. The standard InChI is InChI=1S/C15H16FN3O/c1-2-18-15(20)13-7-6-11(17)9-14(13)19-12-5-3-4-10(16)8-12/h3-9,19H,2,17H2,1H3,(H,18,20). The molecule has 2 rings (SSSR count). The van der Waals surface area contributed by atoms with Gasteiger partial charge in [-0.1, -0.05) is 6.07 Å². The first-order valence-electron chi connectivity index (χ1n) is 6.30. The molecule has 0 radical (unpaired) electrons. The minimum atomic E-state index is -0.349. The van der Waals surface area contributed by atoms with E-state index in [0.29, 0.717) is 29.2 Å². The second-order valence-corrected chi connectivity index (χ2v) is 4.30. The van der Waals surface area contributed by atoms with Gasteiger partial charge in [0.1, 0.15) is 5.82 Å². The van der Waals surface area contributed by atoms with Crippen LogP contribution in [0.15, 0.2) is 42.5 Å². The summed E-state index contributed by atoms with van der Waals surface area (Å²) in [6.07, 6.45) is 0. The summed E-state index contributed by atoms with van der Waals surface area (Å²) < 4.78 is 13.2. The summed E-state index contributed by atoms with van der Waals surface area (Å²) in [4.78, 5) is 12.0. The van der Waals surface area contributed by atoms with Crippen molar-refractivity contribution >= 4 is 23.0 Å². The van der Waals surface area contributed by atoms with E-state index in [0.717, 1.165) is 0 Å². The molecule has 5 heteroatoms. The molecule has 0 unspecified atom stereocenters. The molecule has 0 atom stereocenters. The largest absolute Gasteiger partial charge is 0.399 e. The number of rotatable bonds is 4. The number of hydrogen-bond acceptors (Lipinski definition) is 3. The smallest absolute Gasteiger partial charge is 0.253 e. The van der Waals surface area contributed by atoms with Crippen LogP contribution in [0.25, 0.3) is 0 Å². The summed E-state index contributed by atoms with van der Waals surface area (Å²) in [6, 6.07) is 11.0. The highest BCUT2D eigenvalue weighted by Gasteiger charge is 2.11. The Morgan fingerprint density at radius 2 is 2.05 bits per heavy atom. The number of nitrogen functional groups attached to an aromatic ring is 1. The zero-order chi connectivity index (χ0) is 14.5. The van der Waals surface area contributed by atoms with E-state index in [2.05, 4.69) is 10.6 Å². The van der Waals surface area contributed by atoms with Crippen LogP contribution in [0, 0.1) is 5.82 Å². The van der Waals surface area contributed by atoms with Crippen LogP contribution in [-0.4, -0.2) is 12.5 Å². The highest BCUT2D eigenvalue weighted by atomic mass is 19.1. The Labute approximate surface area is 116 Å². The van der Waals surface area contributed by atoms with E-state index in [1.54, 1.807) is 30.3 Å². The first kappa shape index (κ1) is 13.9. The van der Waals surface area contributed by atoms with Crippen LogP contribution in [0.2, 0.25) is 0 Å². The summed E-state index contributed by atoms with van der Waals surface area (Å²) in [5.41, 5.74) is 7.83. The first-order valence-corrected chi connectivity index (χ1v) is 6.30. The van der Waals surface area contributed by atoms with E-state index in [1.807, 2.05) is 6.92 Å². The summed E-state index contributed by atoms with van der Waals surface area (Å²) in [5, 5.41) is 5.74. The van der Waals surface area contributed by atoms with Gasteiger partial charge in [0.25, 0.3) is 5.91 Å². The molecule has 104 valence electrons. The first-order chi connectivity index (χ1) is 9.60. The number of halogens is 1. The lowest BCUT2D eigenvalue weighted by molar-refractivity contribution is 0.0956. The molecule has 20 heavy (non-hydrogen) atoms. The van der Waals surface area contributed by atoms with Crippen LogP contribution < -0.4 is 16.4 Å². The van der Waals surface area contributed by atoms with Crippen LogP contribution >= 0.6 is 0 Å². The fourth-order valence-electron chi connectivity index (χ4n) is 1.84. The van der Waals surface area contributed by atoms with Gasteiger partial charge in [-0.2, -0.15) is 0 Å². The lowest BCUT2D eigenvalue weighted by Crippen LogP contribution is -2.23. The van der Waals surface area contributed by atoms with E-state index >= 15 is 0 Å².